The summed E-state index contributed by atoms with van der Waals surface area (Å²) in [6, 6.07) is 5.89. The predicted octanol–water partition coefficient (Wildman–Crippen LogP) is 4.72. The van der Waals surface area contributed by atoms with Crippen molar-refractivity contribution in [1.29, 1.82) is 0 Å². The highest BCUT2D eigenvalue weighted by Gasteiger charge is 2.33. The van der Waals surface area contributed by atoms with Gasteiger partial charge in [0.15, 0.2) is 0 Å². The molecule has 19 heavy (non-hydrogen) atoms. The second kappa shape index (κ2) is 5.70. The van der Waals surface area contributed by atoms with Gasteiger partial charge in [-0.25, -0.2) is 4.39 Å². The Morgan fingerprint density at radius 3 is 2.74 bits per heavy atom. The van der Waals surface area contributed by atoms with E-state index in [2.05, 4.69) is 11.0 Å². The Labute approximate surface area is 119 Å². The molecule has 0 aromatic heterocycles. The lowest BCUT2D eigenvalue weighted by Gasteiger charge is -2.45. The van der Waals surface area contributed by atoms with Gasteiger partial charge in [0.1, 0.15) is 5.82 Å². The van der Waals surface area contributed by atoms with Gasteiger partial charge in [-0.3, -0.25) is 0 Å². The molecule has 0 amide bonds. The van der Waals surface area contributed by atoms with Gasteiger partial charge in [0, 0.05) is 24.2 Å². The molecule has 3 heteroatoms. The maximum Gasteiger partial charge on any atom is 0.125 e. The van der Waals surface area contributed by atoms with Crippen LogP contribution in [0.2, 0.25) is 0 Å². The lowest BCUT2D eigenvalue weighted by molar-refractivity contribution is 0.243. The largest absolute Gasteiger partial charge is 0.368 e. The molecule has 1 saturated carbocycles. The van der Waals surface area contributed by atoms with Crippen LogP contribution in [0.4, 0.5) is 10.1 Å². The zero-order valence-electron chi connectivity index (χ0n) is 11.2. The molecule has 2 aliphatic rings. The van der Waals surface area contributed by atoms with E-state index in [1.165, 1.54) is 38.5 Å². The number of rotatable bonds is 2. The number of fused-ring (bicyclic) bond motifs is 1. The van der Waals surface area contributed by atoms with Crippen LogP contribution in [0, 0.1) is 11.7 Å². The molecule has 1 aromatic carbocycles. The van der Waals surface area contributed by atoms with Crippen LogP contribution in [0.1, 0.15) is 44.1 Å². The topological polar surface area (TPSA) is 3.24 Å². The first-order valence-electron chi connectivity index (χ1n) is 7.40. The third-order valence-corrected chi connectivity index (χ3v) is 4.98. The summed E-state index contributed by atoms with van der Waals surface area (Å²) < 4.78 is 13.7. The van der Waals surface area contributed by atoms with Gasteiger partial charge in [-0.1, -0.05) is 12.8 Å². The summed E-state index contributed by atoms with van der Waals surface area (Å²) >= 11 is 5.86. The highest BCUT2D eigenvalue weighted by molar-refractivity contribution is 6.17. The van der Waals surface area contributed by atoms with Crippen molar-refractivity contribution in [2.24, 2.45) is 5.92 Å². The lowest BCUT2D eigenvalue weighted by Crippen LogP contribution is -2.47. The standard InChI is InChI=1S/C16H21ClFN/c17-11-12-8-14(18)10-15(9-12)19-7-3-5-13-4-1-2-6-16(13)19/h8-10,13,16H,1-7,11H2/t13-,16-/m1/s1. The van der Waals surface area contributed by atoms with E-state index < -0.39 is 0 Å². The molecule has 0 radical (unpaired) electrons. The molecule has 1 nitrogen and oxygen atoms in total. The molecule has 1 heterocycles. The Balaban J connectivity index is 1.89. The molecule has 1 aromatic rings. The minimum atomic E-state index is -0.161. The van der Waals surface area contributed by atoms with E-state index in [9.17, 15) is 4.39 Å². The Hall–Kier alpha value is -0.760. The van der Waals surface area contributed by atoms with Gasteiger partial charge in [-0.2, -0.15) is 0 Å². The summed E-state index contributed by atoms with van der Waals surface area (Å²) in [5, 5.41) is 0. The average molecular weight is 282 g/mol. The van der Waals surface area contributed by atoms with Gasteiger partial charge >= 0.3 is 0 Å². The third kappa shape index (κ3) is 2.74. The molecule has 0 bridgehead atoms. The van der Waals surface area contributed by atoms with Crippen molar-refractivity contribution in [2.45, 2.75) is 50.4 Å². The minimum absolute atomic E-state index is 0.161. The van der Waals surface area contributed by atoms with Gasteiger partial charge in [0.2, 0.25) is 0 Å². The molecule has 2 fully saturated rings. The van der Waals surface area contributed by atoms with Gasteiger partial charge in [-0.15, -0.1) is 11.6 Å². The fourth-order valence-corrected chi connectivity index (χ4v) is 3.98. The molecule has 2 atom stereocenters. The molecule has 0 unspecified atom stereocenters. The zero-order valence-corrected chi connectivity index (χ0v) is 12.0. The quantitative estimate of drug-likeness (QED) is 0.709. The Morgan fingerprint density at radius 1 is 1.11 bits per heavy atom. The zero-order chi connectivity index (χ0) is 13.2. The number of anilines is 1. The summed E-state index contributed by atoms with van der Waals surface area (Å²) in [7, 11) is 0. The molecule has 0 spiro atoms. The van der Waals surface area contributed by atoms with Crippen molar-refractivity contribution >= 4 is 17.3 Å². The van der Waals surface area contributed by atoms with E-state index in [4.69, 9.17) is 11.6 Å². The fourth-order valence-electron chi connectivity index (χ4n) is 3.82. The van der Waals surface area contributed by atoms with Crippen molar-refractivity contribution in [3.63, 3.8) is 0 Å². The fraction of sp³-hybridized carbons (Fsp3) is 0.625. The van der Waals surface area contributed by atoms with E-state index in [-0.39, 0.29) is 5.82 Å². The van der Waals surface area contributed by atoms with Crippen molar-refractivity contribution in [1.82, 2.24) is 0 Å². The third-order valence-electron chi connectivity index (χ3n) is 4.67. The van der Waals surface area contributed by atoms with Crippen molar-refractivity contribution in [3.8, 4) is 0 Å². The first-order chi connectivity index (χ1) is 9.28. The van der Waals surface area contributed by atoms with Crippen LogP contribution < -0.4 is 4.90 Å². The summed E-state index contributed by atoms with van der Waals surface area (Å²) in [5.41, 5.74) is 1.92. The lowest BCUT2D eigenvalue weighted by atomic mass is 9.78. The molecular formula is C16H21ClFN. The smallest absolute Gasteiger partial charge is 0.125 e. The summed E-state index contributed by atoms with van der Waals surface area (Å²) in [5.74, 6) is 1.03. The Bertz CT molecular complexity index is 446. The Morgan fingerprint density at radius 2 is 1.89 bits per heavy atom. The van der Waals surface area contributed by atoms with Crippen LogP contribution in [-0.4, -0.2) is 12.6 Å². The summed E-state index contributed by atoms with van der Waals surface area (Å²) in [6.07, 6.45) is 7.86. The summed E-state index contributed by atoms with van der Waals surface area (Å²) in [4.78, 5) is 2.44. The average Bonchev–Trinajstić information content (AvgIpc) is 2.46. The molecular weight excluding hydrogens is 261 g/mol. The van der Waals surface area contributed by atoms with E-state index in [1.807, 2.05) is 0 Å². The predicted molar refractivity (Wildman–Crippen MR) is 78.3 cm³/mol. The number of halogens is 2. The molecule has 1 aliphatic carbocycles. The normalized spacial score (nSPS) is 27.2. The maximum absolute atomic E-state index is 13.7. The van der Waals surface area contributed by atoms with E-state index in [1.54, 1.807) is 12.1 Å². The van der Waals surface area contributed by atoms with Gasteiger partial charge in [-0.05, 0) is 55.4 Å². The first-order valence-corrected chi connectivity index (χ1v) is 7.93. The first kappa shape index (κ1) is 13.2. The second-order valence-electron chi connectivity index (χ2n) is 5.90. The van der Waals surface area contributed by atoms with Crippen LogP contribution >= 0.6 is 11.6 Å². The van der Waals surface area contributed by atoms with Gasteiger partial charge < -0.3 is 4.90 Å². The van der Waals surface area contributed by atoms with Crippen LogP contribution in [0.15, 0.2) is 18.2 Å². The number of benzene rings is 1. The van der Waals surface area contributed by atoms with Crippen molar-refractivity contribution < 1.29 is 4.39 Å². The molecule has 3 rings (SSSR count). The van der Waals surface area contributed by atoms with Crippen LogP contribution in [0.3, 0.4) is 0 Å². The van der Waals surface area contributed by atoms with Crippen molar-refractivity contribution in [2.75, 3.05) is 11.4 Å². The maximum atomic E-state index is 13.7. The van der Waals surface area contributed by atoms with E-state index in [0.717, 1.165) is 23.7 Å². The Kier molecular flexibility index (Phi) is 3.97. The van der Waals surface area contributed by atoms with Crippen LogP contribution in [-0.2, 0) is 5.88 Å². The highest BCUT2D eigenvalue weighted by Crippen LogP contribution is 2.38. The SMILES string of the molecule is Fc1cc(CCl)cc(N2CCC[C@H]3CCCC[C@H]32)c1. The number of hydrogen-bond acceptors (Lipinski definition) is 1. The van der Waals surface area contributed by atoms with Crippen molar-refractivity contribution in [3.05, 3.63) is 29.6 Å². The van der Waals surface area contributed by atoms with Gasteiger partial charge in [0.25, 0.3) is 0 Å². The van der Waals surface area contributed by atoms with Gasteiger partial charge in [0.05, 0.1) is 0 Å². The summed E-state index contributed by atoms with van der Waals surface area (Å²) in [6.45, 7) is 1.06. The number of hydrogen-bond donors (Lipinski definition) is 0. The second-order valence-corrected chi connectivity index (χ2v) is 6.17. The molecule has 104 valence electrons. The number of alkyl halides is 1. The number of nitrogens with zero attached hydrogens (tertiary/aromatic N) is 1. The minimum Gasteiger partial charge on any atom is -0.368 e. The monoisotopic (exact) mass is 281 g/mol. The van der Waals surface area contributed by atoms with Crippen LogP contribution in [0.25, 0.3) is 0 Å². The highest BCUT2D eigenvalue weighted by atomic mass is 35.5. The molecule has 1 saturated heterocycles. The van der Waals surface area contributed by atoms with Crippen LogP contribution in [0.5, 0.6) is 0 Å². The number of piperidine rings is 1. The molecule has 1 aliphatic heterocycles. The van der Waals surface area contributed by atoms with E-state index in [0.29, 0.717) is 11.9 Å². The molecule has 0 N–H and O–H groups in total. The van der Waals surface area contributed by atoms with E-state index >= 15 is 0 Å².